The predicted molar refractivity (Wildman–Crippen MR) is 206 cm³/mol. The first-order valence-electron chi connectivity index (χ1n) is 17.0. The molecule has 6 aromatic rings. The van der Waals surface area contributed by atoms with Gasteiger partial charge in [0.25, 0.3) is 0 Å². The Bertz CT molecular complexity index is 1630. The SMILES string of the molecule is CCc1[cH-]c2cccc(-c3ccccc3)c2c1[Si](C)(C)c1c(CC)[cH-]c2cccc(-c3ccccc3)c12.[CH2-]CCC.[CH2-]CCC.[Zr+4]. The molecule has 0 aliphatic rings. The summed E-state index contributed by atoms with van der Waals surface area (Å²) in [7, 11) is -2.14. The molecule has 0 atom stereocenters. The van der Waals surface area contributed by atoms with Crippen LogP contribution in [0.15, 0.2) is 109 Å². The molecule has 0 aliphatic heterocycles. The van der Waals surface area contributed by atoms with Crippen molar-refractivity contribution in [1.82, 2.24) is 0 Å². The van der Waals surface area contributed by atoms with Crippen molar-refractivity contribution in [3.05, 3.63) is 134 Å². The van der Waals surface area contributed by atoms with Crippen molar-refractivity contribution in [2.45, 2.75) is 79.3 Å². The molecule has 0 spiro atoms. The molecule has 0 N–H and O–H groups in total. The zero-order valence-electron chi connectivity index (χ0n) is 29.0. The van der Waals surface area contributed by atoms with Crippen molar-refractivity contribution in [2.75, 3.05) is 0 Å². The maximum absolute atomic E-state index is 3.60. The van der Waals surface area contributed by atoms with Crippen molar-refractivity contribution in [2.24, 2.45) is 0 Å². The van der Waals surface area contributed by atoms with Crippen molar-refractivity contribution >= 4 is 40.0 Å². The van der Waals surface area contributed by atoms with Crippen LogP contribution in [0.25, 0.3) is 43.8 Å². The van der Waals surface area contributed by atoms with E-state index >= 15 is 0 Å². The molecule has 0 nitrogen and oxygen atoms in total. The Hall–Kier alpha value is -2.80. The normalized spacial score (nSPS) is 11.0. The van der Waals surface area contributed by atoms with Crippen molar-refractivity contribution in [1.29, 1.82) is 0 Å². The topological polar surface area (TPSA) is 0 Å². The first-order valence-corrected chi connectivity index (χ1v) is 20.0. The van der Waals surface area contributed by atoms with E-state index in [-0.39, 0.29) is 26.2 Å². The third-order valence-corrected chi connectivity index (χ3v) is 12.5. The van der Waals surface area contributed by atoms with Crippen molar-refractivity contribution in [3.8, 4) is 22.3 Å². The summed E-state index contributed by atoms with van der Waals surface area (Å²) in [6, 6.07) is 40.6. The maximum Gasteiger partial charge on any atom is 4.00 e. The Morgan fingerprint density at radius 2 is 0.870 bits per heavy atom. The minimum absolute atomic E-state index is 0. The fourth-order valence-electron chi connectivity index (χ4n) is 6.61. The largest absolute Gasteiger partial charge is 4.00 e. The van der Waals surface area contributed by atoms with Gasteiger partial charge in [-0.05, 0) is 24.0 Å². The number of hydrogen-bond donors (Lipinski definition) is 0. The van der Waals surface area contributed by atoms with E-state index in [0.717, 1.165) is 25.7 Å². The fourth-order valence-corrected chi connectivity index (χ4v) is 10.8. The predicted octanol–water partition coefficient (Wildman–Crippen LogP) is 12.0. The van der Waals surface area contributed by atoms with Crippen LogP contribution in [0.1, 0.15) is 64.5 Å². The minimum Gasteiger partial charge on any atom is -0.343 e. The van der Waals surface area contributed by atoms with Crippen LogP contribution in [-0.2, 0) is 39.0 Å². The molecule has 0 heterocycles. The molecule has 0 saturated carbocycles. The summed E-state index contributed by atoms with van der Waals surface area (Å²) >= 11 is 0. The smallest absolute Gasteiger partial charge is 0.343 e. The summed E-state index contributed by atoms with van der Waals surface area (Å²) < 4.78 is 0. The average molecular weight is 700 g/mol. The molecule has 6 aromatic carbocycles. The first kappa shape index (κ1) is 37.7. The van der Waals surface area contributed by atoms with Crippen LogP contribution in [0.2, 0.25) is 13.1 Å². The monoisotopic (exact) mass is 698 g/mol. The third kappa shape index (κ3) is 8.00. The molecule has 0 unspecified atom stereocenters. The number of benzene rings is 4. The summed E-state index contributed by atoms with van der Waals surface area (Å²) in [4.78, 5) is 0. The van der Waals surface area contributed by atoms with Gasteiger partial charge in [-0.2, -0.15) is 23.2 Å². The van der Waals surface area contributed by atoms with Gasteiger partial charge in [0.2, 0.25) is 0 Å². The molecule has 236 valence electrons. The van der Waals surface area contributed by atoms with E-state index in [0.29, 0.717) is 0 Å². The molecule has 0 amide bonds. The van der Waals surface area contributed by atoms with Gasteiger partial charge in [0.15, 0.2) is 0 Å². The van der Waals surface area contributed by atoms with Gasteiger partial charge in [-0.15, -0.1) is 69.1 Å². The second-order valence-corrected chi connectivity index (χ2v) is 16.7. The Labute approximate surface area is 300 Å². The zero-order chi connectivity index (χ0) is 32.4. The number of fused-ring (bicyclic) bond motifs is 2. The number of rotatable bonds is 8. The molecule has 0 fully saturated rings. The Morgan fingerprint density at radius 3 is 1.17 bits per heavy atom. The minimum atomic E-state index is -2.14. The molecule has 2 heteroatoms. The van der Waals surface area contributed by atoms with Gasteiger partial charge in [0, 0.05) is 8.07 Å². The van der Waals surface area contributed by atoms with Gasteiger partial charge in [0.05, 0.1) is 0 Å². The van der Waals surface area contributed by atoms with Gasteiger partial charge in [-0.3, -0.25) is 0 Å². The van der Waals surface area contributed by atoms with E-state index in [1.807, 2.05) is 0 Å². The Kier molecular flexibility index (Phi) is 14.7. The van der Waals surface area contributed by atoms with Gasteiger partial charge < -0.3 is 13.8 Å². The van der Waals surface area contributed by atoms with Crippen molar-refractivity contribution < 1.29 is 26.2 Å². The first-order chi connectivity index (χ1) is 21.9. The Morgan fingerprint density at radius 1 is 0.522 bits per heavy atom. The summed E-state index contributed by atoms with van der Waals surface area (Å²) in [6.45, 7) is 21.3. The van der Waals surface area contributed by atoms with E-state index in [1.54, 1.807) is 10.4 Å². The quantitative estimate of drug-likeness (QED) is 0.110. The molecule has 46 heavy (non-hydrogen) atoms. The van der Waals surface area contributed by atoms with E-state index in [2.05, 4.69) is 164 Å². The van der Waals surface area contributed by atoms with E-state index < -0.39 is 8.07 Å². The van der Waals surface area contributed by atoms with Crippen LogP contribution < -0.4 is 10.4 Å². The van der Waals surface area contributed by atoms with Gasteiger partial charge >= 0.3 is 26.2 Å². The molecule has 0 aromatic heterocycles. The summed E-state index contributed by atoms with van der Waals surface area (Å²) in [5, 5.41) is 8.94. The van der Waals surface area contributed by atoms with Crippen LogP contribution >= 0.6 is 0 Å². The van der Waals surface area contributed by atoms with E-state index in [1.165, 1.54) is 67.8 Å². The second kappa shape index (κ2) is 17.9. The summed E-state index contributed by atoms with van der Waals surface area (Å²) in [6.07, 6.45) is 6.67. The second-order valence-electron chi connectivity index (χ2n) is 12.4. The van der Waals surface area contributed by atoms with Crippen LogP contribution in [-0.4, -0.2) is 8.07 Å². The molecule has 0 bridgehead atoms. The average Bonchev–Trinajstić information content (AvgIpc) is 3.69. The van der Waals surface area contributed by atoms with E-state index in [9.17, 15) is 0 Å². The van der Waals surface area contributed by atoms with E-state index in [4.69, 9.17) is 0 Å². The molecule has 0 radical (unpaired) electrons. The molecule has 0 aliphatic carbocycles. The number of unbranched alkanes of at least 4 members (excludes halogenated alkanes) is 2. The molecule has 6 rings (SSSR count). The van der Waals surface area contributed by atoms with Crippen molar-refractivity contribution in [3.63, 3.8) is 0 Å². The van der Waals surface area contributed by atoms with Gasteiger partial charge in [0.1, 0.15) is 0 Å². The number of aryl methyl sites for hydroxylation is 2. The number of hydrogen-bond acceptors (Lipinski definition) is 0. The van der Waals surface area contributed by atoms with Gasteiger partial charge in [-0.25, -0.2) is 0 Å². The fraction of sp³-hybridized carbons (Fsp3) is 0.273. The molecular formula is C44H52SiZr. The van der Waals surface area contributed by atoms with Crippen LogP contribution in [0.3, 0.4) is 0 Å². The molecular weight excluding hydrogens is 648 g/mol. The van der Waals surface area contributed by atoms with Crippen LogP contribution in [0.4, 0.5) is 0 Å². The van der Waals surface area contributed by atoms with Gasteiger partial charge in [-0.1, -0.05) is 138 Å². The Balaban J connectivity index is 0.000000577. The van der Waals surface area contributed by atoms with Crippen LogP contribution in [0.5, 0.6) is 0 Å². The van der Waals surface area contributed by atoms with Crippen LogP contribution in [0, 0.1) is 13.8 Å². The standard InChI is InChI=1S/C36H34Si.2C4H9.Zr/c1-5-25-23-29-19-13-21-31(27-15-9-7-10-16-27)33(29)35(25)37(3,4)36-26(6-2)24-30-20-14-22-32(34(30)36)28-17-11-8-12-18-28;2*1-3-4-2;/h7-24H,5-6H2,1-4H3;2*1,3-4H2,2H3;/q-2;2*-1;+4. The zero-order valence-corrected chi connectivity index (χ0v) is 32.5. The summed E-state index contributed by atoms with van der Waals surface area (Å²) in [5.41, 5.74) is 8.38. The summed E-state index contributed by atoms with van der Waals surface area (Å²) in [5.74, 6) is 0. The third-order valence-electron chi connectivity index (χ3n) is 8.88. The maximum atomic E-state index is 3.60. The molecule has 0 saturated heterocycles.